The fraction of sp³-hybridized carbons (Fsp3) is 0.381. The van der Waals surface area contributed by atoms with Crippen LogP contribution in [-0.2, 0) is 12.8 Å². The third kappa shape index (κ3) is 3.36. The highest BCUT2D eigenvalue weighted by Crippen LogP contribution is 2.31. The maximum Gasteiger partial charge on any atom is 0.262 e. The van der Waals surface area contributed by atoms with E-state index in [1.165, 1.54) is 0 Å². The third-order valence-corrected chi connectivity index (χ3v) is 7.36. The average Bonchev–Trinajstić information content (AvgIpc) is 2.85. The minimum absolute atomic E-state index is 0.00567. The highest BCUT2D eigenvalue weighted by atomic mass is 32.2. The Balaban J connectivity index is 2.03. The van der Waals surface area contributed by atoms with Gasteiger partial charge in [-0.05, 0) is 69.4 Å². The van der Waals surface area contributed by atoms with Gasteiger partial charge in [0.15, 0.2) is 10.9 Å². The second-order valence-corrected chi connectivity index (χ2v) is 9.20. The van der Waals surface area contributed by atoms with Crippen LogP contribution in [0.25, 0.3) is 10.2 Å². The molecule has 0 saturated heterocycles. The molecule has 0 unspecified atom stereocenters. The number of hydrogen-bond acceptors (Lipinski definition) is 5. The molecule has 2 heterocycles. The molecule has 2 aromatic heterocycles. The minimum Gasteiger partial charge on any atom is -0.294 e. The molecule has 4 nitrogen and oxygen atoms in total. The Hall–Kier alpha value is -1.92. The lowest BCUT2D eigenvalue weighted by Crippen LogP contribution is -2.19. The molecule has 0 spiro atoms. The number of Topliss-reactive ketones (excluding diaryl/α,β-unsaturated/α-hetero) is 1. The lowest BCUT2D eigenvalue weighted by atomic mass is 9.92. The Labute approximate surface area is 167 Å². The van der Waals surface area contributed by atoms with Crippen molar-refractivity contribution in [2.45, 2.75) is 52.5 Å². The monoisotopic (exact) mass is 400 g/mol. The number of fused-ring (bicyclic) bond motifs is 1. The molecule has 0 radical (unpaired) electrons. The van der Waals surface area contributed by atoms with Crippen molar-refractivity contribution in [2.75, 3.05) is 0 Å². The minimum atomic E-state index is 0.00567. The SMILES string of the molecule is CC(=O)c1c(C)cc(C)c(CSc2nc3sc(C)c(C)c3c(=O)n2C)c1C. The average molecular weight is 401 g/mol. The summed E-state index contributed by atoms with van der Waals surface area (Å²) in [4.78, 5) is 31.5. The highest BCUT2D eigenvalue weighted by Gasteiger charge is 2.17. The van der Waals surface area contributed by atoms with Crippen molar-refractivity contribution in [3.63, 3.8) is 0 Å². The Kier molecular flexibility index (Phi) is 5.32. The van der Waals surface area contributed by atoms with Gasteiger partial charge in [-0.25, -0.2) is 4.98 Å². The van der Waals surface area contributed by atoms with Crippen LogP contribution < -0.4 is 5.56 Å². The van der Waals surface area contributed by atoms with Crippen LogP contribution in [0.5, 0.6) is 0 Å². The summed E-state index contributed by atoms with van der Waals surface area (Å²) in [5, 5.41) is 1.43. The van der Waals surface area contributed by atoms with Crippen LogP contribution in [-0.4, -0.2) is 15.3 Å². The molecule has 27 heavy (non-hydrogen) atoms. The standard InChI is InChI=1S/C21H24N2O2S2/c1-10-8-11(2)17(14(5)24)13(4)16(10)9-26-21-22-19-18(20(25)23(21)7)12(3)15(6)27-19/h8H,9H2,1-7H3. The molecule has 1 aromatic carbocycles. The van der Waals surface area contributed by atoms with Crippen LogP contribution in [0.4, 0.5) is 0 Å². The number of hydrogen-bond donors (Lipinski definition) is 0. The van der Waals surface area contributed by atoms with Gasteiger partial charge in [-0.2, -0.15) is 0 Å². The molecule has 3 aromatic rings. The number of rotatable bonds is 4. The van der Waals surface area contributed by atoms with E-state index < -0.39 is 0 Å². The van der Waals surface area contributed by atoms with Crippen LogP contribution in [0.15, 0.2) is 16.0 Å². The van der Waals surface area contributed by atoms with Crippen molar-refractivity contribution in [1.29, 1.82) is 0 Å². The number of benzene rings is 1. The molecular formula is C21H24N2O2S2. The van der Waals surface area contributed by atoms with Crippen LogP contribution in [0.1, 0.15) is 50.0 Å². The van der Waals surface area contributed by atoms with E-state index in [-0.39, 0.29) is 11.3 Å². The Morgan fingerprint density at radius 2 is 1.81 bits per heavy atom. The number of thioether (sulfide) groups is 1. The molecule has 0 aliphatic rings. The third-order valence-electron chi connectivity index (χ3n) is 5.20. The van der Waals surface area contributed by atoms with Crippen molar-refractivity contribution >= 4 is 39.1 Å². The Morgan fingerprint density at radius 1 is 1.15 bits per heavy atom. The van der Waals surface area contributed by atoms with Crippen LogP contribution in [0, 0.1) is 34.6 Å². The van der Waals surface area contributed by atoms with E-state index in [9.17, 15) is 9.59 Å². The Bertz CT molecular complexity index is 1140. The van der Waals surface area contributed by atoms with E-state index in [4.69, 9.17) is 4.98 Å². The fourth-order valence-electron chi connectivity index (χ4n) is 3.61. The number of aryl methyl sites for hydroxylation is 4. The van der Waals surface area contributed by atoms with E-state index in [1.807, 2.05) is 27.7 Å². The smallest absolute Gasteiger partial charge is 0.262 e. The van der Waals surface area contributed by atoms with E-state index in [2.05, 4.69) is 13.0 Å². The van der Waals surface area contributed by atoms with Crippen LogP contribution in [0.3, 0.4) is 0 Å². The summed E-state index contributed by atoms with van der Waals surface area (Å²) in [7, 11) is 1.78. The molecule has 3 rings (SSSR count). The van der Waals surface area contributed by atoms with Gasteiger partial charge in [0.25, 0.3) is 5.56 Å². The molecule has 0 aliphatic carbocycles. The summed E-state index contributed by atoms with van der Waals surface area (Å²) in [6.45, 7) is 11.7. The first-order valence-corrected chi connectivity index (χ1v) is 10.6. The van der Waals surface area contributed by atoms with Gasteiger partial charge < -0.3 is 0 Å². The summed E-state index contributed by atoms with van der Waals surface area (Å²) in [5.74, 6) is 0.764. The Morgan fingerprint density at radius 3 is 2.44 bits per heavy atom. The molecular weight excluding hydrogens is 376 g/mol. The van der Waals surface area contributed by atoms with E-state index in [1.54, 1.807) is 41.6 Å². The summed E-state index contributed by atoms with van der Waals surface area (Å²) in [6, 6.07) is 2.07. The van der Waals surface area contributed by atoms with Gasteiger partial charge in [0.05, 0.1) is 5.39 Å². The lowest BCUT2D eigenvalue weighted by Gasteiger charge is -2.16. The fourth-order valence-corrected chi connectivity index (χ4v) is 5.84. The predicted octanol–water partition coefficient (Wildman–Crippen LogP) is 5.03. The van der Waals surface area contributed by atoms with Crippen molar-refractivity contribution < 1.29 is 4.79 Å². The van der Waals surface area contributed by atoms with Gasteiger partial charge in [-0.15, -0.1) is 11.3 Å². The molecule has 0 N–H and O–H groups in total. The summed E-state index contributed by atoms with van der Waals surface area (Å²) in [5.41, 5.74) is 6.18. The van der Waals surface area contributed by atoms with E-state index in [0.717, 1.165) is 48.5 Å². The first kappa shape index (κ1) is 19.8. The second kappa shape index (κ2) is 7.24. The zero-order valence-corrected chi connectivity index (χ0v) is 18.4. The second-order valence-electron chi connectivity index (χ2n) is 7.06. The largest absolute Gasteiger partial charge is 0.294 e. The van der Waals surface area contributed by atoms with Crippen molar-refractivity contribution in [1.82, 2.24) is 9.55 Å². The number of carbonyl (C=O) groups excluding carboxylic acids is 1. The van der Waals surface area contributed by atoms with Crippen LogP contribution in [0.2, 0.25) is 0 Å². The van der Waals surface area contributed by atoms with Crippen LogP contribution >= 0.6 is 23.1 Å². The number of nitrogens with zero attached hydrogens (tertiary/aromatic N) is 2. The molecule has 0 saturated carbocycles. The van der Waals surface area contributed by atoms with E-state index >= 15 is 0 Å². The molecule has 0 atom stereocenters. The van der Waals surface area contributed by atoms with Crippen molar-refractivity contribution in [3.05, 3.63) is 54.7 Å². The predicted molar refractivity (Wildman–Crippen MR) is 115 cm³/mol. The number of ketones is 1. The molecule has 0 amide bonds. The molecule has 0 bridgehead atoms. The zero-order valence-electron chi connectivity index (χ0n) is 16.8. The molecule has 6 heteroatoms. The molecule has 142 valence electrons. The van der Waals surface area contributed by atoms with Gasteiger partial charge >= 0.3 is 0 Å². The summed E-state index contributed by atoms with van der Waals surface area (Å²) in [6.07, 6.45) is 0. The number of aromatic nitrogens is 2. The van der Waals surface area contributed by atoms with Gasteiger partial charge in [0.2, 0.25) is 0 Å². The van der Waals surface area contributed by atoms with Gasteiger partial charge in [-0.3, -0.25) is 14.2 Å². The molecule has 0 aliphatic heterocycles. The lowest BCUT2D eigenvalue weighted by molar-refractivity contribution is 0.101. The molecule has 0 fully saturated rings. The van der Waals surface area contributed by atoms with E-state index in [0.29, 0.717) is 10.9 Å². The number of thiophene rings is 1. The highest BCUT2D eigenvalue weighted by molar-refractivity contribution is 7.98. The zero-order chi connectivity index (χ0) is 20.0. The van der Waals surface area contributed by atoms with Crippen molar-refractivity contribution in [2.24, 2.45) is 7.05 Å². The maximum absolute atomic E-state index is 12.8. The summed E-state index contributed by atoms with van der Waals surface area (Å²) >= 11 is 3.12. The number of carbonyl (C=O) groups is 1. The van der Waals surface area contributed by atoms with Gasteiger partial charge in [-0.1, -0.05) is 17.8 Å². The normalized spacial score (nSPS) is 11.4. The van der Waals surface area contributed by atoms with Gasteiger partial charge in [0, 0.05) is 23.2 Å². The van der Waals surface area contributed by atoms with Gasteiger partial charge in [0.1, 0.15) is 4.83 Å². The van der Waals surface area contributed by atoms with Crippen molar-refractivity contribution in [3.8, 4) is 0 Å². The summed E-state index contributed by atoms with van der Waals surface area (Å²) < 4.78 is 1.64. The maximum atomic E-state index is 12.8. The quantitative estimate of drug-likeness (QED) is 0.350. The first-order valence-electron chi connectivity index (χ1n) is 8.83. The first-order chi connectivity index (χ1) is 12.6. The topological polar surface area (TPSA) is 52.0 Å².